The SMILES string of the molecule is COC(=O)C1=C(C(=O)OC)N(c2cc(C(F)(F)F)ccc2NCCNc2ncc(C(F)(F)F)cc2Cl)C(N)=C(C#N)C1c1ccccc1. The van der Waals surface area contributed by atoms with E-state index in [1.165, 1.54) is 0 Å². The number of carbonyl (C=O) groups is 2. The lowest BCUT2D eigenvalue weighted by Gasteiger charge is -2.37. The maximum Gasteiger partial charge on any atom is 0.417 e. The zero-order valence-electron chi connectivity index (χ0n) is 25.0. The molecule has 0 amide bonds. The molecule has 4 N–H and O–H groups in total. The standard InChI is InChI=1S/C31H25ClF6N6O4/c1-47-28(45)24-23(16-6-4-3-5-7-16)19(14-39)26(40)44(25(24)29(46)48-2)22-13-17(30(33,34)35)8-9-21(22)41-10-11-42-27-20(32)12-18(15-43-27)31(36,37)38/h3-9,12-13,15,23,41H,10-11,40H2,1-2H3,(H,42,43). The second kappa shape index (κ2) is 14.1. The molecular weight excluding hydrogens is 670 g/mol. The van der Waals surface area contributed by atoms with Gasteiger partial charge in [0, 0.05) is 19.3 Å². The number of esters is 2. The van der Waals surface area contributed by atoms with Crippen molar-refractivity contribution in [2.24, 2.45) is 5.73 Å². The lowest BCUT2D eigenvalue weighted by atomic mass is 9.81. The molecule has 0 bridgehead atoms. The van der Waals surface area contributed by atoms with Crippen molar-refractivity contribution < 1.29 is 45.4 Å². The van der Waals surface area contributed by atoms with E-state index in [9.17, 15) is 41.2 Å². The molecule has 10 nitrogen and oxygen atoms in total. The predicted molar refractivity (Wildman–Crippen MR) is 162 cm³/mol. The second-order valence-corrected chi connectivity index (χ2v) is 10.4. The molecule has 252 valence electrons. The number of halogens is 7. The highest BCUT2D eigenvalue weighted by Gasteiger charge is 2.44. The fourth-order valence-electron chi connectivity index (χ4n) is 4.91. The smallest absolute Gasteiger partial charge is 0.417 e. The molecule has 0 spiro atoms. The zero-order chi connectivity index (χ0) is 35.4. The van der Waals surface area contributed by atoms with Crippen LogP contribution in [0.15, 0.2) is 83.5 Å². The molecular formula is C31H25ClF6N6O4. The first-order valence-corrected chi connectivity index (χ1v) is 14.1. The van der Waals surface area contributed by atoms with Gasteiger partial charge in [-0.1, -0.05) is 41.9 Å². The van der Waals surface area contributed by atoms with Gasteiger partial charge in [-0.2, -0.15) is 31.6 Å². The average molecular weight is 695 g/mol. The Morgan fingerprint density at radius 1 is 0.958 bits per heavy atom. The number of ether oxygens (including phenoxy) is 2. The summed E-state index contributed by atoms with van der Waals surface area (Å²) in [7, 11) is 2.00. The molecule has 2 heterocycles. The number of carbonyl (C=O) groups excluding carboxylic acids is 2. The largest absolute Gasteiger partial charge is 0.466 e. The minimum absolute atomic E-state index is 0.0553. The van der Waals surface area contributed by atoms with Crippen molar-refractivity contribution in [2.75, 3.05) is 42.8 Å². The number of benzene rings is 2. The van der Waals surface area contributed by atoms with Gasteiger partial charge in [-0.3, -0.25) is 4.90 Å². The van der Waals surface area contributed by atoms with Crippen LogP contribution in [0.4, 0.5) is 43.5 Å². The number of rotatable bonds is 9. The summed E-state index contributed by atoms with van der Waals surface area (Å²) >= 11 is 5.94. The topological polar surface area (TPSA) is 143 Å². The van der Waals surface area contributed by atoms with E-state index in [2.05, 4.69) is 15.6 Å². The van der Waals surface area contributed by atoms with E-state index in [4.69, 9.17) is 26.8 Å². The highest BCUT2D eigenvalue weighted by molar-refractivity contribution is 6.33. The third kappa shape index (κ3) is 7.26. The third-order valence-electron chi connectivity index (χ3n) is 7.08. The molecule has 1 aromatic heterocycles. The van der Waals surface area contributed by atoms with Crippen LogP contribution in [0.5, 0.6) is 0 Å². The predicted octanol–water partition coefficient (Wildman–Crippen LogP) is 6.19. The van der Waals surface area contributed by atoms with Crippen molar-refractivity contribution >= 4 is 40.7 Å². The number of nitrogens with two attached hydrogens (primary N) is 1. The molecule has 4 rings (SSSR count). The second-order valence-electron chi connectivity index (χ2n) is 9.97. The van der Waals surface area contributed by atoms with Crippen LogP contribution in [0.1, 0.15) is 22.6 Å². The molecule has 0 radical (unpaired) electrons. The van der Waals surface area contributed by atoms with Crippen LogP contribution in [-0.4, -0.2) is 44.2 Å². The van der Waals surface area contributed by atoms with Gasteiger partial charge in [0.1, 0.15) is 17.3 Å². The number of nitrogens with zero attached hydrogens (tertiary/aromatic N) is 3. The van der Waals surface area contributed by atoms with Gasteiger partial charge in [-0.15, -0.1) is 0 Å². The van der Waals surface area contributed by atoms with E-state index < -0.39 is 64.1 Å². The molecule has 48 heavy (non-hydrogen) atoms. The Morgan fingerprint density at radius 2 is 1.58 bits per heavy atom. The molecule has 2 aromatic carbocycles. The maximum atomic E-state index is 14.0. The maximum absolute atomic E-state index is 14.0. The fourth-order valence-corrected chi connectivity index (χ4v) is 5.14. The summed E-state index contributed by atoms with van der Waals surface area (Å²) in [6.07, 6.45) is -8.96. The Labute approximate surface area is 274 Å². The first kappa shape index (κ1) is 35.4. The number of hydrogen-bond acceptors (Lipinski definition) is 10. The van der Waals surface area contributed by atoms with Crippen molar-refractivity contribution in [1.29, 1.82) is 5.26 Å². The highest BCUT2D eigenvalue weighted by atomic mass is 35.5. The fraction of sp³-hybridized carbons (Fsp3) is 0.226. The molecule has 3 aromatic rings. The van der Waals surface area contributed by atoms with Crippen molar-refractivity contribution in [3.05, 3.63) is 105 Å². The quantitative estimate of drug-likeness (QED) is 0.135. The number of alkyl halides is 6. The first-order valence-electron chi connectivity index (χ1n) is 13.7. The molecule has 1 unspecified atom stereocenters. The van der Waals surface area contributed by atoms with Crippen LogP contribution in [-0.2, 0) is 31.4 Å². The Balaban J connectivity index is 1.83. The van der Waals surface area contributed by atoms with Crippen LogP contribution in [0.25, 0.3) is 0 Å². The van der Waals surface area contributed by atoms with Crippen molar-refractivity contribution in [1.82, 2.24) is 4.98 Å². The summed E-state index contributed by atoms with van der Waals surface area (Å²) in [5.74, 6) is -4.08. The van der Waals surface area contributed by atoms with Crippen molar-refractivity contribution in [3.8, 4) is 6.07 Å². The van der Waals surface area contributed by atoms with Gasteiger partial charge in [-0.05, 0) is 29.8 Å². The van der Waals surface area contributed by atoms with E-state index in [0.29, 0.717) is 23.9 Å². The molecule has 0 saturated heterocycles. The third-order valence-corrected chi connectivity index (χ3v) is 7.37. The average Bonchev–Trinajstić information content (AvgIpc) is 3.05. The monoisotopic (exact) mass is 694 g/mol. The Hall–Kier alpha value is -5.43. The summed E-state index contributed by atoms with van der Waals surface area (Å²) in [6, 6.07) is 13.0. The van der Waals surface area contributed by atoms with Crippen LogP contribution in [0.3, 0.4) is 0 Å². The van der Waals surface area contributed by atoms with E-state index in [1.807, 2.05) is 6.07 Å². The van der Waals surface area contributed by atoms with E-state index in [1.54, 1.807) is 30.3 Å². The first-order chi connectivity index (χ1) is 22.6. The molecule has 1 aliphatic rings. The molecule has 0 aliphatic carbocycles. The number of nitriles is 1. The minimum atomic E-state index is -4.88. The van der Waals surface area contributed by atoms with Gasteiger partial charge in [0.2, 0.25) is 0 Å². The van der Waals surface area contributed by atoms with Gasteiger partial charge in [-0.25, -0.2) is 14.6 Å². The van der Waals surface area contributed by atoms with Gasteiger partial charge in [0.05, 0.1) is 64.9 Å². The van der Waals surface area contributed by atoms with E-state index >= 15 is 0 Å². The van der Waals surface area contributed by atoms with Gasteiger partial charge in [0.25, 0.3) is 0 Å². The number of methoxy groups -OCH3 is 2. The summed E-state index contributed by atoms with van der Waals surface area (Å²) in [6.45, 7) is -0.149. The highest BCUT2D eigenvalue weighted by Crippen LogP contribution is 2.46. The number of nitrogens with one attached hydrogen (secondary N) is 2. The van der Waals surface area contributed by atoms with Crippen LogP contribution in [0.2, 0.25) is 5.02 Å². The van der Waals surface area contributed by atoms with Gasteiger partial charge in [0.15, 0.2) is 0 Å². The molecule has 1 atom stereocenters. The summed E-state index contributed by atoms with van der Waals surface area (Å²) < 4.78 is 90.8. The molecule has 0 fully saturated rings. The van der Waals surface area contributed by atoms with Gasteiger partial charge < -0.3 is 25.8 Å². The Morgan fingerprint density at radius 3 is 2.15 bits per heavy atom. The van der Waals surface area contributed by atoms with Crippen molar-refractivity contribution in [2.45, 2.75) is 18.3 Å². The van der Waals surface area contributed by atoms with Crippen LogP contribution >= 0.6 is 11.6 Å². The van der Waals surface area contributed by atoms with E-state index in [0.717, 1.165) is 31.3 Å². The lowest BCUT2D eigenvalue weighted by Crippen LogP contribution is -2.41. The number of anilines is 3. The number of hydrogen-bond donors (Lipinski definition) is 3. The van der Waals surface area contributed by atoms with Crippen molar-refractivity contribution in [3.63, 3.8) is 0 Å². The van der Waals surface area contributed by atoms with E-state index in [-0.39, 0.29) is 35.2 Å². The van der Waals surface area contributed by atoms with Crippen LogP contribution < -0.4 is 21.3 Å². The normalized spacial score (nSPS) is 15.2. The Kier molecular flexibility index (Phi) is 10.4. The summed E-state index contributed by atoms with van der Waals surface area (Å²) in [4.78, 5) is 31.2. The number of pyridine rings is 1. The summed E-state index contributed by atoms with van der Waals surface area (Å²) in [5, 5.41) is 15.5. The lowest BCUT2D eigenvalue weighted by molar-refractivity contribution is -0.139. The number of aromatic nitrogens is 1. The zero-order valence-corrected chi connectivity index (χ0v) is 25.7. The minimum Gasteiger partial charge on any atom is -0.466 e. The molecule has 0 saturated carbocycles. The molecule has 1 aliphatic heterocycles. The van der Waals surface area contributed by atoms with Gasteiger partial charge >= 0.3 is 24.3 Å². The van der Waals surface area contributed by atoms with Crippen LogP contribution in [0, 0.1) is 11.3 Å². The Bertz CT molecular complexity index is 1820. The molecule has 17 heteroatoms. The summed E-state index contributed by atoms with van der Waals surface area (Å²) in [5.41, 5.74) is 2.83. The number of allylic oxidation sites excluding steroid dienone is 1.